The standard InChI is InChI=1S/C17H32N2O7.Na/c1-2-3-4-14(20)13-19(10-7-17(25)26)12-11-18(8-5-15(21)22)9-6-16(23)24;/h14,20H,2-13H2,1H3,(H,21,22)(H,23,24)(H,25,26);/q;+1/p-1. The Hall–Kier alpha value is -0.710. The van der Waals surface area contributed by atoms with Crippen LogP contribution in [0.25, 0.3) is 0 Å². The van der Waals surface area contributed by atoms with E-state index >= 15 is 0 Å². The predicted molar refractivity (Wildman–Crippen MR) is 92.5 cm³/mol. The summed E-state index contributed by atoms with van der Waals surface area (Å²) in [5.74, 6) is -3.11. The Morgan fingerprint density at radius 1 is 0.889 bits per heavy atom. The van der Waals surface area contributed by atoms with Crippen molar-refractivity contribution in [2.75, 3.05) is 39.3 Å². The first-order valence-electron chi connectivity index (χ1n) is 9.00. The zero-order chi connectivity index (χ0) is 19.9. The van der Waals surface area contributed by atoms with Crippen LogP contribution in [0.4, 0.5) is 0 Å². The third kappa shape index (κ3) is 18.4. The van der Waals surface area contributed by atoms with Crippen LogP contribution in [0.5, 0.6) is 0 Å². The van der Waals surface area contributed by atoms with Crippen LogP contribution in [-0.2, 0) is 14.4 Å². The number of hydrogen-bond acceptors (Lipinski definition) is 7. The molecule has 0 aromatic heterocycles. The second kappa shape index (κ2) is 17.4. The number of carboxylic acid groups (broad SMARTS) is 3. The summed E-state index contributed by atoms with van der Waals surface area (Å²) in [5.41, 5.74) is 0. The minimum Gasteiger partial charge on any atom is -0.550 e. The van der Waals surface area contributed by atoms with Gasteiger partial charge in [-0.05, 0) is 12.8 Å². The number of carbonyl (C=O) groups is 3. The van der Waals surface area contributed by atoms with Gasteiger partial charge >= 0.3 is 41.5 Å². The summed E-state index contributed by atoms with van der Waals surface area (Å²) in [5, 5.41) is 38.4. The fourth-order valence-electron chi connectivity index (χ4n) is 2.50. The van der Waals surface area contributed by atoms with Crippen LogP contribution in [0.3, 0.4) is 0 Å². The van der Waals surface area contributed by atoms with Gasteiger partial charge in [0, 0.05) is 45.2 Å². The van der Waals surface area contributed by atoms with Gasteiger partial charge in [-0.3, -0.25) is 14.5 Å². The Morgan fingerprint density at radius 3 is 1.85 bits per heavy atom. The van der Waals surface area contributed by atoms with Crippen molar-refractivity contribution in [3.05, 3.63) is 0 Å². The van der Waals surface area contributed by atoms with Crippen LogP contribution in [0, 0.1) is 0 Å². The molecule has 1 atom stereocenters. The monoisotopic (exact) mass is 398 g/mol. The summed E-state index contributed by atoms with van der Waals surface area (Å²) >= 11 is 0. The SMILES string of the molecule is CCCCC(O)CN(CCC(=O)O)CCN(CCC(=O)[O-])CCC(=O)O.[Na+]. The third-order valence-electron chi connectivity index (χ3n) is 4.01. The molecule has 0 rings (SSSR count). The van der Waals surface area contributed by atoms with E-state index in [0.29, 0.717) is 26.1 Å². The molecule has 0 heterocycles. The number of aliphatic hydroxyl groups is 1. The molecule has 152 valence electrons. The molecule has 0 saturated carbocycles. The maximum absolute atomic E-state index is 10.8. The van der Waals surface area contributed by atoms with E-state index in [9.17, 15) is 24.6 Å². The van der Waals surface area contributed by atoms with Gasteiger partial charge in [0.1, 0.15) is 0 Å². The molecule has 0 aromatic carbocycles. The number of unbranched alkanes of at least 4 members (excludes halogenated alkanes) is 1. The number of carbonyl (C=O) groups excluding carboxylic acids is 1. The van der Waals surface area contributed by atoms with E-state index in [-0.39, 0.29) is 68.5 Å². The summed E-state index contributed by atoms with van der Waals surface area (Å²) in [7, 11) is 0. The van der Waals surface area contributed by atoms with Crippen molar-refractivity contribution in [1.82, 2.24) is 9.80 Å². The Kier molecular flexibility index (Phi) is 18.4. The number of aliphatic carboxylic acids is 3. The van der Waals surface area contributed by atoms with Crippen molar-refractivity contribution < 1.29 is 64.4 Å². The van der Waals surface area contributed by atoms with E-state index in [0.717, 1.165) is 12.8 Å². The molecular weight excluding hydrogens is 367 g/mol. The fraction of sp³-hybridized carbons (Fsp3) is 0.824. The summed E-state index contributed by atoms with van der Waals surface area (Å²) in [4.78, 5) is 35.7. The van der Waals surface area contributed by atoms with Crippen molar-refractivity contribution >= 4 is 17.9 Å². The number of hydrogen-bond donors (Lipinski definition) is 3. The molecule has 3 N–H and O–H groups in total. The van der Waals surface area contributed by atoms with Crippen LogP contribution in [0.2, 0.25) is 0 Å². The molecular formula is C17H31N2NaO7. The molecule has 0 amide bonds. The zero-order valence-electron chi connectivity index (χ0n) is 16.4. The van der Waals surface area contributed by atoms with Crippen LogP contribution in [0.15, 0.2) is 0 Å². The second-order valence-corrected chi connectivity index (χ2v) is 6.35. The van der Waals surface area contributed by atoms with Crippen molar-refractivity contribution in [2.24, 2.45) is 0 Å². The van der Waals surface area contributed by atoms with E-state index < -0.39 is 24.0 Å². The Bertz CT molecular complexity index is 420. The number of carboxylic acids is 3. The summed E-state index contributed by atoms with van der Waals surface area (Å²) < 4.78 is 0. The number of aliphatic hydroxyl groups excluding tert-OH is 1. The molecule has 0 aliphatic rings. The zero-order valence-corrected chi connectivity index (χ0v) is 18.4. The van der Waals surface area contributed by atoms with Gasteiger partial charge < -0.3 is 30.1 Å². The van der Waals surface area contributed by atoms with Gasteiger partial charge in [-0.15, -0.1) is 0 Å². The largest absolute Gasteiger partial charge is 1.00 e. The van der Waals surface area contributed by atoms with E-state index in [2.05, 4.69) is 0 Å². The molecule has 0 radical (unpaired) electrons. The average Bonchev–Trinajstić information content (AvgIpc) is 2.56. The van der Waals surface area contributed by atoms with Crippen molar-refractivity contribution in [1.29, 1.82) is 0 Å². The van der Waals surface area contributed by atoms with Crippen molar-refractivity contribution in [3.63, 3.8) is 0 Å². The average molecular weight is 398 g/mol. The molecule has 0 aliphatic carbocycles. The van der Waals surface area contributed by atoms with Gasteiger partial charge in [0.05, 0.1) is 18.9 Å². The van der Waals surface area contributed by atoms with Crippen molar-refractivity contribution in [3.8, 4) is 0 Å². The number of rotatable bonds is 17. The minimum atomic E-state index is -1.21. The van der Waals surface area contributed by atoms with Crippen LogP contribution in [-0.4, -0.2) is 88.4 Å². The maximum Gasteiger partial charge on any atom is 1.00 e. The Labute approximate surface area is 182 Å². The first kappa shape index (κ1) is 28.5. The smallest absolute Gasteiger partial charge is 0.550 e. The molecule has 0 bridgehead atoms. The summed E-state index contributed by atoms with van der Waals surface area (Å²) in [6.45, 7) is 3.80. The van der Waals surface area contributed by atoms with Gasteiger partial charge in [0.2, 0.25) is 0 Å². The molecule has 1 unspecified atom stereocenters. The van der Waals surface area contributed by atoms with Crippen LogP contribution >= 0.6 is 0 Å². The van der Waals surface area contributed by atoms with Gasteiger partial charge in [-0.25, -0.2) is 0 Å². The van der Waals surface area contributed by atoms with Crippen LogP contribution < -0.4 is 34.7 Å². The van der Waals surface area contributed by atoms with E-state index in [1.165, 1.54) is 0 Å². The third-order valence-corrected chi connectivity index (χ3v) is 4.01. The minimum absolute atomic E-state index is 0. The van der Waals surface area contributed by atoms with E-state index in [1.54, 1.807) is 4.90 Å². The Morgan fingerprint density at radius 2 is 1.37 bits per heavy atom. The van der Waals surface area contributed by atoms with E-state index in [4.69, 9.17) is 10.2 Å². The summed E-state index contributed by atoms with van der Waals surface area (Å²) in [6.07, 6.45) is 1.54. The Balaban J connectivity index is 0. The quantitative estimate of drug-likeness (QED) is 0.211. The van der Waals surface area contributed by atoms with E-state index in [1.807, 2.05) is 11.8 Å². The molecule has 0 spiro atoms. The predicted octanol–water partition coefficient (Wildman–Crippen LogP) is -3.77. The molecule has 0 aromatic rings. The summed E-state index contributed by atoms with van der Waals surface area (Å²) in [6, 6.07) is 0. The fourth-order valence-corrected chi connectivity index (χ4v) is 2.50. The van der Waals surface area contributed by atoms with Gasteiger partial charge in [0.25, 0.3) is 0 Å². The maximum atomic E-state index is 10.8. The van der Waals surface area contributed by atoms with Gasteiger partial charge in [0.15, 0.2) is 0 Å². The molecule has 0 saturated heterocycles. The van der Waals surface area contributed by atoms with Gasteiger partial charge in [-0.1, -0.05) is 19.8 Å². The molecule has 10 heteroatoms. The van der Waals surface area contributed by atoms with Gasteiger partial charge in [-0.2, -0.15) is 0 Å². The first-order valence-corrected chi connectivity index (χ1v) is 9.00. The molecule has 9 nitrogen and oxygen atoms in total. The normalized spacial score (nSPS) is 12.0. The second-order valence-electron chi connectivity index (χ2n) is 6.35. The molecule has 0 aliphatic heterocycles. The topological polar surface area (TPSA) is 141 Å². The molecule has 27 heavy (non-hydrogen) atoms. The first-order chi connectivity index (χ1) is 12.2. The number of nitrogens with zero attached hydrogens (tertiary/aromatic N) is 2. The van der Waals surface area contributed by atoms with Crippen LogP contribution in [0.1, 0.15) is 45.4 Å². The molecule has 0 fully saturated rings. The van der Waals surface area contributed by atoms with Crippen molar-refractivity contribution in [2.45, 2.75) is 51.6 Å².